The Kier molecular flexibility index (Phi) is 4.71. The molecule has 2 atom stereocenters. The summed E-state index contributed by atoms with van der Waals surface area (Å²) in [5, 5.41) is 4.00. The summed E-state index contributed by atoms with van der Waals surface area (Å²) in [5.74, 6) is 0.759. The van der Waals surface area contributed by atoms with E-state index in [0.29, 0.717) is 30.1 Å². The fourth-order valence-corrected chi connectivity index (χ4v) is 3.17. The van der Waals surface area contributed by atoms with Gasteiger partial charge in [-0.05, 0) is 19.4 Å². The van der Waals surface area contributed by atoms with Gasteiger partial charge < -0.3 is 14.2 Å². The number of rotatable bonds is 3. The molecular formula is C19H24N2O3. The largest absolute Gasteiger partial charge is 0.367 e. The van der Waals surface area contributed by atoms with Crippen LogP contribution in [0, 0.1) is 6.92 Å². The maximum Gasteiger partial charge on any atom is 0.259 e. The van der Waals surface area contributed by atoms with E-state index in [1.165, 1.54) is 0 Å². The van der Waals surface area contributed by atoms with Crippen molar-refractivity contribution in [3.05, 3.63) is 52.9 Å². The van der Waals surface area contributed by atoms with Gasteiger partial charge in [0.1, 0.15) is 11.7 Å². The van der Waals surface area contributed by atoms with E-state index in [-0.39, 0.29) is 24.0 Å². The van der Waals surface area contributed by atoms with Gasteiger partial charge in [0, 0.05) is 12.5 Å². The highest BCUT2D eigenvalue weighted by atomic mass is 16.5. The summed E-state index contributed by atoms with van der Waals surface area (Å²) >= 11 is 0. The quantitative estimate of drug-likeness (QED) is 0.862. The monoisotopic (exact) mass is 328 g/mol. The molecule has 1 aromatic heterocycles. The van der Waals surface area contributed by atoms with E-state index in [4.69, 9.17) is 9.26 Å². The van der Waals surface area contributed by atoms with Gasteiger partial charge in [-0.15, -0.1) is 0 Å². The molecule has 1 aliphatic rings. The Bertz CT molecular complexity index is 709. The molecule has 0 radical (unpaired) electrons. The highest BCUT2D eigenvalue weighted by molar-refractivity contribution is 5.96. The zero-order valence-corrected chi connectivity index (χ0v) is 14.7. The van der Waals surface area contributed by atoms with Crippen molar-refractivity contribution in [3.8, 4) is 0 Å². The van der Waals surface area contributed by atoms with Gasteiger partial charge in [0.05, 0.1) is 18.3 Å². The summed E-state index contributed by atoms with van der Waals surface area (Å²) in [5.41, 5.74) is 2.35. The van der Waals surface area contributed by atoms with E-state index < -0.39 is 0 Å². The lowest BCUT2D eigenvalue weighted by Gasteiger charge is -2.37. The van der Waals surface area contributed by atoms with Crippen molar-refractivity contribution in [3.63, 3.8) is 0 Å². The first-order valence-corrected chi connectivity index (χ1v) is 8.43. The van der Waals surface area contributed by atoms with Crippen LogP contribution in [0.5, 0.6) is 0 Å². The predicted octanol–water partition coefficient (Wildman–Crippen LogP) is 3.71. The Balaban J connectivity index is 1.86. The lowest BCUT2D eigenvalue weighted by molar-refractivity contribution is -0.0692. The van der Waals surface area contributed by atoms with Crippen LogP contribution in [0.2, 0.25) is 0 Å². The van der Waals surface area contributed by atoms with Gasteiger partial charge in [-0.3, -0.25) is 4.79 Å². The zero-order valence-electron chi connectivity index (χ0n) is 14.7. The standard InChI is InChI=1S/C19H24N2O3/c1-12(2)18-17(14(4)20-24-18)19(22)21-10-13(3)23-16(11-21)15-8-6-5-7-9-15/h5-9,12-13,16H,10-11H2,1-4H3/t13-,16-/m1/s1. The summed E-state index contributed by atoms with van der Waals surface area (Å²) in [6, 6.07) is 10.0. The number of aryl methyl sites for hydroxylation is 1. The fourth-order valence-electron chi connectivity index (χ4n) is 3.17. The fraction of sp³-hybridized carbons (Fsp3) is 0.474. The first-order valence-electron chi connectivity index (χ1n) is 8.43. The number of ether oxygens (including phenoxy) is 1. The van der Waals surface area contributed by atoms with Crippen LogP contribution < -0.4 is 0 Å². The average molecular weight is 328 g/mol. The van der Waals surface area contributed by atoms with Gasteiger partial charge in [-0.2, -0.15) is 0 Å². The summed E-state index contributed by atoms with van der Waals surface area (Å²) in [4.78, 5) is 15.0. The number of carbonyl (C=O) groups excluding carboxylic acids is 1. The summed E-state index contributed by atoms with van der Waals surface area (Å²) < 4.78 is 11.4. The molecule has 1 fully saturated rings. The van der Waals surface area contributed by atoms with Crippen LogP contribution in [0.3, 0.4) is 0 Å². The van der Waals surface area contributed by atoms with E-state index in [9.17, 15) is 4.79 Å². The molecule has 0 bridgehead atoms. The molecule has 5 heteroatoms. The Morgan fingerprint density at radius 2 is 1.96 bits per heavy atom. The molecule has 0 saturated carbocycles. The van der Waals surface area contributed by atoms with Crippen LogP contribution in [-0.2, 0) is 4.74 Å². The molecule has 0 aliphatic carbocycles. The molecule has 2 heterocycles. The molecule has 5 nitrogen and oxygen atoms in total. The molecule has 1 aromatic carbocycles. The first kappa shape index (κ1) is 16.7. The lowest BCUT2D eigenvalue weighted by atomic mass is 10.0. The second kappa shape index (κ2) is 6.77. The van der Waals surface area contributed by atoms with Gasteiger partial charge in [-0.25, -0.2) is 0 Å². The van der Waals surface area contributed by atoms with E-state index in [0.717, 1.165) is 5.56 Å². The summed E-state index contributed by atoms with van der Waals surface area (Å²) in [6.07, 6.45) is -0.128. The van der Waals surface area contributed by atoms with Crippen LogP contribution in [0.1, 0.15) is 60.2 Å². The molecular weight excluding hydrogens is 304 g/mol. The van der Waals surface area contributed by atoms with Crippen LogP contribution in [0.25, 0.3) is 0 Å². The molecule has 3 rings (SSSR count). The number of nitrogens with zero attached hydrogens (tertiary/aromatic N) is 2. The minimum absolute atomic E-state index is 0.0180. The van der Waals surface area contributed by atoms with Gasteiger partial charge in [-0.1, -0.05) is 49.3 Å². The number of benzene rings is 1. The maximum absolute atomic E-state index is 13.1. The Labute approximate surface area is 142 Å². The van der Waals surface area contributed by atoms with E-state index in [1.807, 2.05) is 62.9 Å². The first-order chi connectivity index (χ1) is 11.5. The highest BCUT2D eigenvalue weighted by Crippen LogP contribution is 2.29. The smallest absolute Gasteiger partial charge is 0.259 e. The predicted molar refractivity (Wildman–Crippen MR) is 91.0 cm³/mol. The molecule has 0 spiro atoms. The van der Waals surface area contributed by atoms with Crippen molar-refractivity contribution in [1.29, 1.82) is 0 Å². The number of hydrogen-bond acceptors (Lipinski definition) is 4. The summed E-state index contributed by atoms with van der Waals surface area (Å²) in [7, 11) is 0. The second-order valence-electron chi connectivity index (χ2n) is 6.72. The van der Waals surface area contributed by atoms with Gasteiger partial charge in [0.15, 0.2) is 5.76 Å². The third-order valence-corrected chi connectivity index (χ3v) is 4.35. The minimum atomic E-state index is -0.110. The highest BCUT2D eigenvalue weighted by Gasteiger charge is 2.33. The van der Waals surface area contributed by atoms with Gasteiger partial charge in [0.2, 0.25) is 0 Å². The molecule has 1 saturated heterocycles. The second-order valence-corrected chi connectivity index (χ2v) is 6.72. The van der Waals surface area contributed by atoms with Gasteiger partial charge in [0.25, 0.3) is 5.91 Å². The van der Waals surface area contributed by atoms with Crippen LogP contribution in [0.15, 0.2) is 34.9 Å². The normalized spacial score (nSPS) is 21.3. The third-order valence-electron chi connectivity index (χ3n) is 4.35. The van der Waals surface area contributed by atoms with Crippen molar-refractivity contribution < 1.29 is 14.1 Å². The molecule has 1 amide bonds. The molecule has 0 N–H and O–H groups in total. The van der Waals surface area contributed by atoms with Crippen molar-refractivity contribution in [2.75, 3.05) is 13.1 Å². The Morgan fingerprint density at radius 1 is 1.25 bits per heavy atom. The summed E-state index contributed by atoms with van der Waals surface area (Å²) in [6.45, 7) is 8.94. The number of carbonyl (C=O) groups is 1. The van der Waals surface area contributed by atoms with Crippen LogP contribution >= 0.6 is 0 Å². The minimum Gasteiger partial charge on any atom is -0.367 e. The molecule has 0 unspecified atom stereocenters. The lowest BCUT2D eigenvalue weighted by Crippen LogP contribution is -2.46. The van der Waals surface area contributed by atoms with E-state index in [2.05, 4.69) is 5.16 Å². The molecule has 24 heavy (non-hydrogen) atoms. The molecule has 1 aliphatic heterocycles. The average Bonchev–Trinajstić information content (AvgIpc) is 2.96. The van der Waals surface area contributed by atoms with Crippen LogP contribution in [-0.4, -0.2) is 35.2 Å². The third kappa shape index (κ3) is 3.22. The number of amides is 1. The Morgan fingerprint density at radius 3 is 2.62 bits per heavy atom. The van der Waals surface area contributed by atoms with Crippen molar-refractivity contribution in [1.82, 2.24) is 10.1 Å². The van der Waals surface area contributed by atoms with Crippen LogP contribution in [0.4, 0.5) is 0 Å². The van der Waals surface area contributed by atoms with E-state index >= 15 is 0 Å². The van der Waals surface area contributed by atoms with Crippen molar-refractivity contribution >= 4 is 5.91 Å². The topological polar surface area (TPSA) is 55.6 Å². The number of aromatic nitrogens is 1. The molecule has 2 aromatic rings. The molecule has 128 valence electrons. The van der Waals surface area contributed by atoms with Crippen molar-refractivity contribution in [2.45, 2.75) is 45.8 Å². The maximum atomic E-state index is 13.1. The SMILES string of the molecule is Cc1noc(C(C)C)c1C(=O)N1C[C@@H](C)O[C@@H](c2ccccc2)C1. The number of hydrogen-bond donors (Lipinski definition) is 0. The van der Waals surface area contributed by atoms with Gasteiger partial charge >= 0.3 is 0 Å². The van der Waals surface area contributed by atoms with Crippen molar-refractivity contribution in [2.24, 2.45) is 0 Å². The zero-order chi connectivity index (χ0) is 17.3. The van der Waals surface area contributed by atoms with E-state index in [1.54, 1.807) is 0 Å². The number of morpholine rings is 1. The Hall–Kier alpha value is -2.14.